The fourth-order valence-electron chi connectivity index (χ4n) is 0.735. The molecule has 0 saturated heterocycles. The van der Waals surface area contributed by atoms with Crippen molar-refractivity contribution in [3.05, 3.63) is 17.0 Å². The van der Waals surface area contributed by atoms with E-state index in [4.69, 9.17) is 10.5 Å². The van der Waals surface area contributed by atoms with Gasteiger partial charge >= 0.3 is 5.97 Å². The van der Waals surface area contributed by atoms with Crippen LogP contribution in [0.4, 0.5) is 0 Å². The Hall–Kier alpha value is 0.412. The summed E-state index contributed by atoms with van der Waals surface area (Å²) in [6, 6.07) is 0. The average molecular weight is 369 g/mol. The third kappa shape index (κ3) is 2.74. The van der Waals surface area contributed by atoms with E-state index < -0.39 is 5.97 Å². The summed E-state index contributed by atoms with van der Waals surface area (Å²) < 4.78 is 9.24. The molecule has 0 saturated carbocycles. The van der Waals surface area contributed by atoms with E-state index in [0.717, 1.165) is 0 Å². The molecule has 0 aromatic carbocycles. The largest absolute Gasteiger partial charge is 0.700 e. The standard InChI is InChI=1S/C6H9NO3.Ac/c1-9-6(8)4-2-10-3-5(4)7;/h2-3H2,1H3,(H2,7,8);/p-1. The van der Waals surface area contributed by atoms with Crippen LogP contribution in [0.5, 0.6) is 0 Å². The Kier molecular flexibility index (Phi) is 5.32. The second-order valence-electron chi connectivity index (χ2n) is 1.94. The predicted molar refractivity (Wildman–Crippen MR) is 34.2 cm³/mol. The summed E-state index contributed by atoms with van der Waals surface area (Å²) >= 11 is 0. The summed E-state index contributed by atoms with van der Waals surface area (Å²) in [6.45, 7) is 0.440. The number of nitrogens with one attached hydrogen (secondary N) is 1. The Morgan fingerprint density at radius 1 is 1.64 bits per heavy atom. The van der Waals surface area contributed by atoms with Crippen molar-refractivity contribution < 1.29 is 58.3 Å². The van der Waals surface area contributed by atoms with Gasteiger partial charge in [-0.3, -0.25) is 0 Å². The van der Waals surface area contributed by atoms with Crippen LogP contribution in [-0.4, -0.2) is 26.3 Å². The Morgan fingerprint density at radius 3 is 2.64 bits per heavy atom. The van der Waals surface area contributed by atoms with Gasteiger partial charge in [-0.2, -0.15) is 0 Å². The van der Waals surface area contributed by atoms with Crippen LogP contribution in [-0.2, 0) is 14.3 Å². The molecule has 0 bridgehead atoms. The van der Waals surface area contributed by atoms with Crippen LogP contribution < -0.4 is 0 Å². The van der Waals surface area contributed by atoms with Crippen molar-refractivity contribution in [3.8, 4) is 0 Å². The zero-order chi connectivity index (χ0) is 7.56. The van der Waals surface area contributed by atoms with Crippen molar-refractivity contribution in [1.29, 1.82) is 0 Å². The van der Waals surface area contributed by atoms with E-state index in [9.17, 15) is 4.79 Å². The fraction of sp³-hybridized carbons (Fsp3) is 0.500. The van der Waals surface area contributed by atoms with Crippen molar-refractivity contribution in [1.82, 2.24) is 0 Å². The second kappa shape index (κ2) is 5.13. The molecule has 0 fully saturated rings. The SMILES string of the molecule is COC(=O)C1=C([NH-])COC1.[Ac]. The van der Waals surface area contributed by atoms with E-state index in [1.807, 2.05) is 0 Å². The van der Waals surface area contributed by atoms with Gasteiger partial charge in [-0.15, -0.1) is 5.70 Å². The summed E-state index contributed by atoms with van der Waals surface area (Å²) in [5, 5.41) is 0. The maximum atomic E-state index is 10.7. The minimum Gasteiger partial charge on any atom is -0.700 e. The van der Waals surface area contributed by atoms with E-state index in [2.05, 4.69) is 4.74 Å². The molecule has 5 heteroatoms. The predicted octanol–water partition coefficient (Wildman–Crippen LogP) is 0.496. The molecule has 1 rings (SSSR count). The molecule has 59 valence electrons. The number of methoxy groups -OCH3 is 1. The topological polar surface area (TPSA) is 59.3 Å². The van der Waals surface area contributed by atoms with Gasteiger partial charge in [0.2, 0.25) is 0 Å². The maximum absolute atomic E-state index is 10.7. The van der Waals surface area contributed by atoms with Crippen LogP contribution >= 0.6 is 0 Å². The molecular formula is C6H8AcNO3-. The van der Waals surface area contributed by atoms with E-state index >= 15 is 0 Å². The van der Waals surface area contributed by atoms with Crippen LogP contribution in [0.25, 0.3) is 5.73 Å². The van der Waals surface area contributed by atoms with Crippen LogP contribution in [0, 0.1) is 44.1 Å². The number of hydrogen-bond donors (Lipinski definition) is 0. The summed E-state index contributed by atoms with van der Waals surface area (Å²) in [5.41, 5.74) is 7.74. The molecule has 11 heavy (non-hydrogen) atoms. The van der Waals surface area contributed by atoms with Crippen molar-refractivity contribution in [2.45, 2.75) is 0 Å². The molecule has 1 aliphatic rings. The average Bonchev–Trinajstić information content (AvgIpc) is 2.34. The van der Waals surface area contributed by atoms with Gasteiger partial charge in [-0.25, -0.2) is 4.79 Å². The van der Waals surface area contributed by atoms with Crippen molar-refractivity contribution in [3.63, 3.8) is 0 Å². The van der Waals surface area contributed by atoms with E-state index in [1.54, 1.807) is 0 Å². The Morgan fingerprint density at radius 2 is 2.27 bits per heavy atom. The molecule has 1 radical (unpaired) electrons. The van der Waals surface area contributed by atoms with Crippen molar-refractivity contribution >= 4 is 5.97 Å². The molecule has 1 heterocycles. The number of ether oxygens (including phenoxy) is 2. The van der Waals surface area contributed by atoms with Crippen LogP contribution in [0.1, 0.15) is 0 Å². The second-order valence-corrected chi connectivity index (χ2v) is 1.94. The summed E-state index contributed by atoms with van der Waals surface area (Å²) in [5.74, 6) is -0.456. The van der Waals surface area contributed by atoms with Gasteiger partial charge in [-0.1, -0.05) is 0 Å². The van der Waals surface area contributed by atoms with Crippen LogP contribution in [0.3, 0.4) is 0 Å². The molecule has 0 aromatic rings. The molecule has 0 unspecified atom stereocenters. The summed E-state index contributed by atoms with van der Waals surface area (Å²) in [4.78, 5) is 10.7. The summed E-state index contributed by atoms with van der Waals surface area (Å²) in [7, 11) is 1.29. The van der Waals surface area contributed by atoms with E-state index in [0.29, 0.717) is 5.57 Å². The quantitative estimate of drug-likeness (QED) is 0.633. The zero-order valence-electron chi connectivity index (χ0n) is 6.22. The smallest absolute Gasteiger partial charge is 0.334 e. The van der Waals surface area contributed by atoms with Gasteiger partial charge < -0.3 is 15.2 Å². The first-order valence-electron chi connectivity index (χ1n) is 2.85. The van der Waals surface area contributed by atoms with Crippen molar-refractivity contribution in [2.75, 3.05) is 20.3 Å². The minimum absolute atomic E-state index is 0. The molecule has 0 amide bonds. The van der Waals surface area contributed by atoms with Crippen LogP contribution in [0.2, 0.25) is 0 Å². The van der Waals surface area contributed by atoms with Gasteiger partial charge in [0.15, 0.2) is 0 Å². The molecule has 0 aromatic heterocycles. The third-order valence-electron chi connectivity index (χ3n) is 1.29. The first-order chi connectivity index (χ1) is 4.75. The van der Waals surface area contributed by atoms with E-state index in [-0.39, 0.29) is 63.0 Å². The number of esters is 1. The van der Waals surface area contributed by atoms with E-state index in [1.165, 1.54) is 7.11 Å². The van der Waals surface area contributed by atoms with Gasteiger partial charge in [0.1, 0.15) is 0 Å². The van der Waals surface area contributed by atoms with Gasteiger partial charge in [0.05, 0.1) is 20.3 Å². The molecule has 1 N–H and O–H groups in total. The number of carbonyl (C=O) groups excluding carboxylic acids is 1. The first kappa shape index (κ1) is 11.4. The molecule has 4 nitrogen and oxygen atoms in total. The normalized spacial score (nSPS) is 16.1. The maximum Gasteiger partial charge on any atom is 0.334 e. The third-order valence-corrected chi connectivity index (χ3v) is 1.29. The number of hydrogen-bond acceptors (Lipinski definition) is 3. The zero-order valence-corrected chi connectivity index (χ0v) is 11.0. The van der Waals surface area contributed by atoms with Crippen LogP contribution in [0.15, 0.2) is 11.3 Å². The molecule has 0 spiro atoms. The molecule has 1 aliphatic heterocycles. The van der Waals surface area contributed by atoms with Gasteiger partial charge in [-0.05, 0) is 0 Å². The Bertz CT molecular complexity index is 190. The van der Waals surface area contributed by atoms with Crippen molar-refractivity contribution in [2.24, 2.45) is 0 Å². The Labute approximate surface area is 101 Å². The minimum atomic E-state index is -0.456. The first-order valence-corrected chi connectivity index (χ1v) is 2.85. The number of rotatable bonds is 1. The van der Waals surface area contributed by atoms with Gasteiger partial charge in [0, 0.05) is 49.6 Å². The summed E-state index contributed by atoms with van der Waals surface area (Å²) in [6.07, 6.45) is 0. The molecular weight excluding hydrogens is 361 g/mol. The fourth-order valence-corrected chi connectivity index (χ4v) is 0.735. The molecule has 0 aliphatic carbocycles. The Balaban J connectivity index is 0.000001000. The number of carbonyl (C=O) groups is 1. The van der Waals surface area contributed by atoms with Gasteiger partial charge in [0.25, 0.3) is 0 Å². The molecule has 0 atom stereocenters. The monoisotopic (exact) mass is 369 g/mol.